The van der Waals surface area contributed by atoms with Gasteiger partial charge < -0.3 is 14.8 Å². The molecule has 3 aliphatic rings. The number of alkyl halides is 3. The summed E-state index contributed by atoms with van der Waals surface area (Å²) in [7, 11) is 0. The van der Waals surface area contributed by atoms with Gasteiger partial charge >= 0.3 is 6.18 Å². The SMILES string of the molecule is O=C1CC(C(F)(F)F)N(C(=O)CN2CCC(C3OCCO3)CC2)c2ccccc2N1. The summed E-state index contributed by atoms with van der Waals surface area (Å²) in [6.07, 6.45) is -4.29. The van der Waals surface area contributed by atoms with Crippen molar-refractivity contribution in [1.29, 1.82) is 0 Å². The first-order valence-electron chi connectivity index (χ1n) is 10.1. The molecule has 1 aromatic rings. The first kappa shape index (κ1) is 21.1. The van der Waals surface area contributed by atoms with Crippen molar-refractivity contribution in [2.45, 2.75) is 37.8 Å². The van der Waals surface area contributed by atoms with E-state index in [9.17, 15) is 22.8 Å². The average Bonchev–Trinajstić information content (AvgIpc) is 3.18. The summed E-state index contributed by atoms with van der Waals surface area (Å²) in [5.41, 5.74) is 0.273. The van der Waals surface area contributed by atoms with E-state index in [1.165, 1.54) is 12.1 Å². The number of para-hydroxylation sites is 2. The van der Waals surface area contributed by atoms with Crippen molar-refractivity contribution in [1.82, 2.24) is 4.90 Å². The second-order valence-corrected chi connectivity index (χ2v) is 7.81. The summed E-state index contributed by atoms with van der Waals surface area (Å²) in [4.78, 5) is 27.7. The summed E-state index contributed by atoms with van der Waals surface area (Å²) in [5.74, 6) is -1.21. The number of piperidine rings is 1. The number of anilines is 2. The number of likely N-dealkylation sites (tertiary alicyclic amines) is 1. The molecule has 1 aromatic carbocycles. The highest BCUT2D eigenvalue weighted by molar-refractivity contribution is 6.05. The van der Waals surface area contributed by atoms with Gasteiger partial charge in [0.1, 0.15) is 6.04 Å². The van der Waals surface area contributed by atoms with Crippen LogP contribution in [0.4, 0.5) is 24.5 Å². The second kappa shape index (κ2) is 8.52. The van der Waals surface area contributed by atoms with E-state index in [1.807, 2.05) is 4.90 Å². The van der Waals surface area contributed by atoms with Crippen LogP contribution in [0, 0.1) is 5.92 Å². The molecule has 30 heavy (non-hydrogen) atoms. The Morgan fingerprint density at radius 1 is 1.13 bits per heavy atom. The normalized spacial score (nSPS) is 24.4. The molecular weight excluding hydrogens is 403 g/mol. The number of nitrogens with zero attached hydrogens (tertiary/aromatic N) is 2. The zero-order valence-electron chi connectivity index (χ0n) is 16.4. The van der Waals surface area contributed by atoms with E-state index in [0.29, 0.717) is 26.3 Å². The summed E-state index contributed by atoms with van der Waals surface area (Å²) in [6.45, 7) is 2.15. The molecule has 10 heteroatoms. The molecule has 1 atom stereocenters. The van der Waals surface area contributed by atoms with Crippen LogP contribution in [0.5, 0.6) is 0 Å². The van der Waals surface area contributed by atoms with Crippen molar-refractivity contribution in [3.8, 4) is 0 Å². The van der Waals surface area contributed by atoms with Crippen LogP contribution in [0.2, 0.25) is 0 Å². The number of amides is 2. The average molecular weight is 427 g/mol. The second-order valence-electron chi connectivity index (χ2n) is 7.81. The van der Waals surface area contributed by atoms with Gasteiger partial charge in [0.15, 0.2) is 6.29 Å². The molecule has 4 rings (SSSR count). The summed E-state index contributed by atoms with van der Waals surface area (Å²) < 4.78 is 52.4. The lowest BCUT2D eigenvalue weighted by molar-refractivity contribution is -0.158. The Morgan fingerprint density at radius 2 is 1.80 bits per heavy atom. The maximum absolute atomic E-state index is 13.8. The summed E-state index contributed by atoms with van der Waals surface area (Å²) >= 11 is 0. The minimum absolute atomic E-state index is 0.0679. The minimum Gasteiger partial charge on any atom is -0.350 e. The molecule has 7 nitrogen and oxygen atoms in total. The molecule has 3 aliphatic heterocycles. The van der Waals surface area contributed by atoms with E-state index in [2.05, 4.69) is 5.32 Å². The third-order valence-electron chi connectivity index (χ3n) is 5.80. The zero-order chi connectivity index (χ0) is 21.3. The Balaban J connectivity index is 1.50. The monoisotopic (exact) mass is 427 g/mol. The van der Waals surface area contributed by atoms with Crippen molar-refractivity contribution in [3.63, 3.8) is 0 Å². The number of nitrogens with one attached hydrogen (secondary N) is 1. The van der Waals surface area contributed by atoms with Crippen molar-refractivity contribution in [2.24, 2.45) is 5.92 Å². The Morgan fingerprint density at radius 3 is 2.47 bits per heavy atom. The maximum atomic E-state index is 13.8. The quantitative estimate of drug-likeness (QED) is 0.802. The van der Waals surface area contributed by atoms with Crippen LogP contribution < -0.4 is 10.2 Å². The van der Waals surface area contributed by atoms with E-state index in [1.54, 1.807) is 12.1 Å². The minimum atomic E-state index is -4.73. The number of carbonyl (C=O) groups is 2. The standard InChI is InChI=1S/C20H24F3N3O4/c21-20(22,23)16-11-17(27)24-14-3-1-2-4-15(14)26(16)18(28)12-25-7-5-13(6-8-25)19-29-9-10-30-19/h1-4,13,16,19H,5-12H2,(H,24,27). The molecule has 0 radical (unpaired) electrons. The fraction of sp³-hybridized carbons (Fsp3) is 0.600. The van der Waals surface area contributed by atoms with Gasteiger partial charge in [0.05, 0.1) is 37.6 Å². The first-order valence-corrected chi connectivity index (χ1v) is 10.1. The van der Waals surface area contributed by atoms with Gasteiger partial charge in [-0.05, 0) is 38.1 Å². The van der Waals surface area contributed by atoms with Crippen LogP contribution in [0.25, 0.3) is 0 Å². The number of benzene rings is 1. The summed E-state index contributed by atoms with van der Waals surface area (Å²) in [5, 5.41) is 2.48. The highest BCUT2D eigenvalue weighted by Crippen LogP contribution is 2.38. The van der Waals surface area contributed by atoms with Gasteiger partial charge in [-0.25, -0.2) is 0 Å². The van der Waals surface area contributed by atoms with E-state index < -0.39 is 30.5 Å². The van der Waals surface area contributed by atoms with Crippen molar-refractivity contribution < 1.29 is 32.2 Å². The lowest BCUT2D eigenvalue weighted by atomic mass is 9.96. The predicted molar refractivity (Wildman–Crippen MR) is 102 cm³/mol. The van der Waals surface area contributed by atoms with Gasteiger partial charge in [0, 0.05) is 5.92 Å². The fourth-order valence-electron chi connectivity index (χ4n) is 4.30. The number of hydrogen-bond acceptors (Lipinski definition) is 5. The third kappa shape index (κ3) is 4.45. The largest absolute Gasteiger partial charge is 0.409 e. The molecule has 1 N–H and O–H groups in total. The molecule has 0 spiro atoms. The van der Waals surface area contributed by atoms with E-state index in [-0.39, 0.29) is 30.1 Å². The molecule has 0 aliphatic carbocycles. The van der Waals surface area contributed by atoms with Crippen LogP contribution in [0.3, 0.4) is 0 Å². The van der Waals surface area contributed by atoms with Crippen LogP contribution in [0.1, 0.15) is 19.3 Å². The fourth-order valence-corrected chi connectivity index (χ4v) is 4.30. The van der Waals surface area contributed by atoms with Crippen LogP contribution in [-0.4, -0.2) is 68.1 Å². The van der Waals surface area contributed by atoms with Crippen LogP contribution >= 0.6 is 0 Å². The highest BCUT2D eigenvalue weighted by Gasteiger charge is 2.49. The Labute approximate surface area is 172 Å². The lowest BCUT2D eigenvalue weighted by Gasteiger charge is -2.36. The molecule has 2 fully saturated rings. The predicted octanol–water partition coefficient (Wildman–Crippen LogP) is 2.38. The molecule has 3 heterocycles. The lowest BCUT2D eigenvalue weighted by Crippen LogP contribution is -2.53. The van der Waals surface area contributed by atoms with Crippen molar-refractivity contribution in [2.75, 3.05) is 43.1 Å². The smallest absolute Gasteiger partial charge is 0.350 e. The Hall–Kier alpha value is -2.17. The molecule has 2 amide bonds. The summed E-state index contributed by atoms with van der Waals surface area (Å²) in [6, 6.07) is 3.88. The van der Waals surface area contributed by atoms with Gasteiger partial charge in [0.2, 0.25) is 11.8 Å². The number of halogens is 3. The molecule has 0 bridgehead atoms. The molecule has 2 saturated heterocycles. The topological polar surface area (TPSA) is 71.1 Å². The van der Waals surface area contributed by atoms with E-state index >= 15 is 0 Å². The number of rotatable bonds is 3. The van der Waals surface area contributed by atoms with Crippen LogP contribution in [-0.2, 0) is 19.1 Å². The number of ether oxygens (including phenoxy) is 2. The van der Waals surface area contributed by atoms with Gasteiger partial charge in [-0.3, -0.25) is 19.4 Å². The molecule has 164 valence electrons. The Bertz CT molecular complexity index is 790. The van der Waals surface area contributed by atoms with Gasteiger partial charge in [-0.1, -0.05) is 12.1 Å². The van der Waals surface area contributed by atoms with Gasteiger partial charge in [-0.2, -0.15) is 13.2 Å². The third-order valence-corrected chi connectivity index (χ3v) is 5.80. The first-order chi connectivity index (χ1) is 14.3. The molecule has 0 saturated carbocycles. The maximum Gasteiger partial charge on any atom is 0.409 e. The number of carbonyl (C=O) groups excluding carboxylic acids is 2. The molecule has 0 aromatic heterocycles. The molecule has 1 unspecified atom stereocenters. The zero-order valence-corrected chi connectivity index (χ0v) is 16.4. The van der Waals surface area contributed by atoms with Crippen LogP contribution in [0.15, 0.2) is 24.3 Å². The Kier molecular flexibility index (Phi) is 5.99. The van der Waals surface area contributed by atoms with Crippen molar-refractivity contribution >= 4 is 23.2 Å². The number of fused-ring (bicyclic) bond motifs is 1. The highest BCUT2D eigenvalue weighted by atomic mass is 19.4. The van der Waals surface area contributed by atoms with E-state index in [4.69, 9.17) is 9.47 Å². The van der Waals surface area contributed by atoms with Crippen molar-refractivity contribution in [3.05, 3.63) is 24.3 Å². The van der Waals surface area contributed by atoms with Gasteiger partial charge in [0.25, 0.3) is 0 Å². The molecular formula is C20H24F3N3O4. The van der Waals surface area contributed by atoms with E-state index in [0.717, 1.165) is 17.7 Å². The van der Waals surface area contributed by atoms with Gasteiger partial charge in [-0.15, -0.1) is 0 Å². The number of hydrogen-bond donors (Lipinski definition) is 1.